The maximum Gasteiger partial charge on any atom is 0.254 e. The lowest BCUT2D eigenvalue weighted by atomic mass is 10.1. The van der Waals surface area contributed by atoms with Crippen LogP contribution >= 0.6 is 0 Å². The monoisotopic (exact) mass is 371 g/mol. The predicted molar refractivity (Wildman–Crippen MR) is 111 cm³/mol. The van der Waals surface area contributed by atoms with Crippen molar-refractivity contribution in [1.82, 2.24) is 20.3 Å². The van der Waals surface area contributed by atoms with Crippen LogP contribution in [0, 0.1) is 0 Å². The number of nitrogens with one attached hydrogen (secondary N) is 2. The van der Waals surface area contributed by atoms with Gasteiger partial charge >= 0.3 is 0 Å². The molecular weight excluding hydrogens is 350 g/mol. The van der Waals surface area contributed by atoms with Crippen molar-refractivity contribution in [3.63, 3.8) is 0 Å². The molecule has 0 atom stereocenters. The number of hydrogen-bond acceptors (Lipinski definition) is 4. The number of amides is 1. The van der Waals surface area contributed by atoms with E-state index in [0.717, 1.165) is 17.6 Å². The summed E-state index contributed by atoms with van der Waals surface area (Å²) in [4.78, 5) is 26.1. The summed E-state index contributed by atoms with van der Waals surface area (Å²) in [6.07, 6.45) is 5.87. The number of carbonyl (C=O) groups excluding carboxylic acids is 1. The first-order valence-corrected chi connectivity index (χ1v) is 9.16. The molecule has 6 nitrogen and oxygen atoms in total. The van der Waals surface area contributed by atoms with Crippen molar-refractivity contribution in [1.29, 1.82) is 0 Å². The highest BCUT2D eigenvalue weighted by Crippen LogP contribution is 2.19. The third-order valence-electron chi connectivity index (χ3n) is 4.70. The number of fused-ring (bicyclic) bond motifs is 1. The van der Waals surface area contributed by atoms with Crippen molar-refractivity contribution in [2.45, 2.75) is 6.42 Å². The van der Waals surface area contributed by atoms with Crippen LogP contribution in [0.15, 0.2) is 73.2 Å². The van der Waals surface area contributed by atoms with Gasteiger partial charge in [0.2, 0.25) is 5.95 Å². The van der Waals surface area contributed by atoms with Gasteiger partial charge in [0.15, 0.2) is 0 Å². The van der Waals surface area contributed by atoms with Crippen molar-refractivity contribution >= 4 is 28.4 Å². The Kier molecular flexibility index (Phi) is 5.01. The number of anilines is 2. The smallest absolute Gasteiger partial charge is 0.254 e. The average molecular weight is 371 g/mol. The zero-order valence-corrected chi connectivity index (χ0v) is 15.6. The largest absolute Gasteiger partial charge is 0.361 e. The molecule has 4 aromatic rings. The molecule has 0 aliphatic carbocycles. The van der Waals surface area contributed by atoms with Crippen molar-refractivity contribution in [3.8, 4) is 0 Å². The van der Waals surface area contributed by atoms with Gasteiger partial charge in [-0.2, -0.15) is 0 Å². The maximum atomic E-state index is 12.4. The summed E-state index contributed by atoms with van der Waals surface area (Å²) in [5.74, 6) is 0.371. The van der Waals surface area contributed by atoms with Gasteiger partial charge in [-0.1, -0.05) is 36.4 Å². The van der Waals surface area contributed by atoms with Gasteiger partial charge < -0.3 is 15.2 Å². The van der Waals surface area contributed by atoms with Crippen LogP contribution in [0.5, 0.6) is 0 Å². The van der Waals surface area contributed by atoms with Gasteiger partial charge in [0.05, 0.1) is 5.56 Å². The zero-order valence-electron chi connectivity index (χ0n) is 15.6. The van der Waals surface area contributed by atoms with Crippen molar-refractivity contribution in [2.75, 3.05) is 18.5 Å². The summed E-state index contributed by atoms with van der Waals surface area (Å²) in [6, 6.07) is 18.0. The van der Waals surface area contributed by atoms with Crippen LogP contribution in [-0.2, 0) is 6.42 Å². The van der Waals surface area contributed by atoms with Crippen LogP contribution in [-0.4, -0.2) is 34.5 Å². The number of benzene rings is 2. The quantitative estimate of drug-likeness (QED) is 0.542. The molecule has 0 aliphatic heterocycles. The SMILES string of the molecule is CN(c1ccccc1)c1ncc(C(=O)NCCc2c[nH]c3ccccc23)cn1. The number of para-hydroxylation sites is 2. The fourth-order valence-electron chi connectivity index (χ4n) is 3.13. The van der Waals surface area contributed by atoms with Crippen LogP contribution in [0.25, 0.3) is 10.9 Å². The summed E-state index contributed by atoms with van der Waals surface area (Å²) in [5, 5.41) is 4.12. The second-order valence-electron chi connectivity index (χ2n) is 6.53. The van der Waals surface area contributed by atoms with E-state index in [-0.39, 0.29) is 5.91 Å². The molecule has 1 amide bonds. The summed E-state index contributed by atoms with van der Waals surface area (Å²) in [5.41, 5.74) is 3.73. The van der Waals surface area contributed by atoms with Gasteiger partial charge in [-0.3, -0.25) is 4.79 Å². The Morgan fingerprint density at radius 1 is 1.04 bits per heavy atom. The van der Waals surface area contributed by atoms with E-state index >= 15 is 0 Å². The van der Waals surface area contributed by atoms with E-state index in [1.54, 1.807) is 12.4 Å². The molecule has 0 aliphatic rings. The highest BCUT2D eigenvalue weighted by molar-refractivity contribution is 5.93. The second kappa shape index (κ2) is 7.92. The van der Waals surface area contributed by atoms with Crippen molar-refractivity contribution < 1.29 is 4.79 Å². The van der Waals surface area contributed by atoms with Crippen LogP contribution in [0.3, 0.4) is 0 Å². The maximum absolute atomic E-state index is 12.4. The minimum Gasteiger partial charge on any atom is -0.361 e. The summed E-state index contributed by atoms with van der Waals surface area (Å²) in [7, 11) is 1.89. The zero-order chi connectivity index (χ0) is 19.3. The van der Waals surface area contributed by atoms with E-state index in [0.29, 0.717) is 18.1 Å². The fourth-order valence-corrected chi connectivity index (χ4v) is 3.13. The molecule has 0 bridgehead atoms. The molecule has 2 heterocycles. The number of carbonyl (C=O) groups is 1. The van der Waals surface area contributed by atoms with Gasteiger partial charge in [-0.15, -0.1) is 0 Å². The minimum absolute atomic E-state index is 0.172. The fraction of sp³-hybridized carbons (Fsp3) is 0.136. The lowest BCUT2D eigenvalue weighted by molar-refractivity contribution is 0.0953. The number of hydrogen-bond donors (Lipinski definition) is 2. The van der Waals surface area contributed by atoms with E-state index < -0.39 is 0 Å². The number of nitrogens with zero attached hydrogens (tertiary/aromatic N) is 3. The lowest BCUT2D eigenvalue weighted by Gasteiger charge is -2.16. The first-order valence-electron chi connectivity index (χ1n) is 9.16. The predicted octanol–water partition coefficient (Wildman–Crippen LogP) is 3.70. The molecule has 0 radical (unpaired) electrons. The third kappa shape index (κ3) is 3.71. The summed E-state index contributed by atoms with van der Waals surface area (Å²) in [6.45, 7) is 0.548. The lowest BCUT2D eigenvalue weighted by Crippen LogP contribution is -2.26. The van der Waals surface area contributed by atoms with E-state index in [1.807, 2.05) is 66.7 Å². The van der Waals surface area contributed by atoms with Crippen LogP contribution in [0.2, 0.25) is 0 Å². The molecule has 2 aromatic carbocycles. The second-order valence-corrected chi connectivity index (χ2v) is 6.53. The van der Waals surface area contributed by atoms with Gasteiger partial charge in [0.1, 0.15) is 0 Å². The van der Waals surface area contributed by atoms with Gasteiger partial charge in [-0.25, -0.2) is 9.97 Å². The summed E-state index contributed by atoms with van der Waals surface area (Å²) < 4.78 is 0. The molecule has 0 unspecified atom stereocenters. The normalized spacial score (nSPS) is 10.8. The number of aromatic amines is 1. The molecule has 28 heavy (non-hydrogen) atoms. The molecule has 140 valence electrons. The van der Waals surface area contributed by atoms with E-state index in [9.17, 15) is 4.79 Å². The molecule has 2 aromatic heterocycles. The molecule has 2 N–H and O–H groups in total. The van der Waals surface area contributed by atoms with Crippen LogP contribution < -0.4 is 10.2 Å². The Balaban J connectivity index is 1.36. The first-order chi connectivity index (χ1) is 13.7. The number of aromatic nitrogens is 3. The molecule has 0 saturated carbocycles. The minimum atomic E-state index is -0.172. The first kappa shape index (κ1) is 17.7. The average Bonchev–Trinajstić information content (AvgIpc) is 3.17. The molecule has 0 saturated heterocycles. The summed E-state index contributed by atoms with van der Waals surface area (Å²) >= 11 is 0. The number of H-pyrrole nitrogens is 1. The van der Waals surface area contributed by atoms with Gasteiger partial charge in [-0.05, 0) is 30.2 Å². The van der Waals surface area contributed by atoms with Gasteiger partial charge in [0, 0.05) is 48.8 Å². The van der Waals surface area contributed by atoms with Crippen molar-refractivity contribution in [3.05, 3.63) is 84.3 Å². The Morgan fingerprint density at radius 3 is 2.54 bits per heavy atom. The standard InChI is InChI=1S/C22H21N5O/c1-27(18-7-3-2-4-8-18)22-25-14-17(15-26-22)21(28)23-12-11-16-13-24-20-10-6-5-9-19(16)20/h2-10,13-15,24H,11-12H2,1H3,(H,23,28). The molecule has 0 spiro atoms. The Bertz CT molecular complexity index is 1070. The number of rotatable bonds is 6. The van der Waals surface area contributed by atoms with Crippen LogP contribution in [0.1, 0.15) is 15.9 Å². The topological polar surface area (TPSA) is 73.9 Å². The molecule has 0 fully saturated rings. The highest BCUT2D eigenvalue weighted by atomic mass is 16.1. The third-order valence-corrected chi connectivity index (χ3v) is 4.70. The van der Waals surface area contributed by atoms with Gasteiger partial charge in [0.25, 0.3) is 5.91 Å². The molecular formula is C22H21N5O. The highest BCUT2D eigenvalue weighted by Gasteiger charge is 2.10. The van der Waals surface area contributed by atoms with Crippen molar-refractivity contribution in [2.24, 2.45) is 0 Å². The Labute approximate surface area is 163 Å². The van der Waals surface area contributed by atoms with E-state index in [2.05, 4.69) is 26.3 Å². The Morgan fingerprint density at radius 2 is 1.75 bits per heavy atom. The van der Waals surface area contributed by atoms with Crippen LogP contribution in [0.4, 0.5) is 11.6 Å². The molecule has 4 rings (SSSR count). The Hall–Kier alpha value is -3.67. The van der Waals surface area contributed by atoms with E-state index in [1.165, 1.54) is 10.9 Å². The molecule has 6 heteroatoms. The van der Waals surface area contributed by atoms with E-state index in [4.69, 9.17) is 0 Å².